The number of halogens is 1. The third kappa shape index (κ3) is 3.17. The van der Waals surface area contributed by atoms with E-state index in [0.29, 0.717) is 11.5 Å². The quantitative estimate of drug-likeness (QED) is 0.774. The van der Waals surface area contributed by atoms with Crippen LogP contribution in [0.5, 0.6) is 0 Å². The van der Waals surface area contributed by atoms with E-state index in [-0.39, 0.29) is 0 Å². The molecule has 3 heteroatoms. The Balaban J connectivity index is 2.11. The van der Waals surface area contributed by atoms with Gasteiger partial charge < -0.3 is 5.32 Å². The lowest BCUT2D eigenvalue weighted by Crippen LogP contribution is -2.45. The number of thiophene rings is 1. The third-order valence-electron chi connectivity index (χ3n) is 4.52. The molecule has 1 unspecified atom stereocenters. The van der Waals surface area contributed by atoms with Crippen molar-refractivity contribution in [2.75, 3.05) is 6.54 Å². The number of hydrogen-bond acceptors (Lipinski definition) is 2. The summed E-state index contributed by atoms with van der Waals surface area (Å²) in [5.41, 5.74) is 0.548. The largest absolute Gasteiger partial charge is 0.313 e. The number of rotatable bonds is 6. The Morgan fingerprint density at radius 1 is 1.39 bits per heavy atom. The van der Waals surface area contributed by atoms with Gasteiger partial charge in [0.05, 0.1) is 0 Å². The van der Waals surface area contributed by atoms with Crippen LogP contribution in [-0.4, -0.2) is 12.6 Å². The maximum Gasteiger partial charge on any atom is 0.0285 e. The van der Waals surface area contributed by atoms with Crippen molar-refractivity contribution in [1.82, 2.24) is 5.32 Å². The number of nitrogens with one attached hydrogen (secondary N) is 1. The molecule has 1 fully saturated rings. The van der Waals surface area contributed by atoms with Gasteiger partial charge in [-0.2, -0.15) is 0 Å². The molecule has 1 aromatic rings. The highest BCUT2D eigenvalue weighted by Gasteiger charge is 2.39. The van der Waals surface area contributed by atoms with Crippen LogP contribution < -0.4 is 5.32 Å². The highest BCUT2D eigenvalue weighted by molar-refractivity contribution is 9.10. The van der Waals surface area contributed by atoms with E-state index in [4.69, 9.17) is 0 Å². The minimum absolute atomic E-state index is 0.548. The first-order valence-corrected chi connectivity index (χ1v) is 8.84. The van der Waals surface area contributed by atoms with Gasteiger partial charge in [0.2, 0.25) is 0 Å². The van der Waals surface area contributed by atoms with Crippen molar-refractivity contribution in [3.05, 3.63) is 20.8 Å². The standard InChI is InChI=1S/C15H24BrNS/c1-3-15(7-5-6-8-15)14(17-4-2)10-13-9-12(16)11-18-13/h9,11,14,17H,3-8,10H2,1-2H3. The first kappa shape index (κ1) is 14.5. The van der Waals surface area contributed by atoms with Crippen molar-refractivity contribution in [2.24, 2.45) is 5.41 Å². The fourth-order valence-corrected chi connectivity index (χ4v) is 4.94. The maximum absolute atomic E-state index is 3.77. The molecule has 1 aliphatic rings. The zero-order valence-corrected chi connectivity index (χ0v) is 13.9. The minimum atomic E-state index is 0.548. The highest BCUT2D eigenvalue weighted by Crippen LogP contribution is 2.45. The van der Waals surface area contributed by atoms with Gasteiger partial charge in [-0.05, 0) is 59.6 Å². The van der Waals surface area contributed by atoms with Crippen LogP contribution in [0.1, 0.15) is 50.8 Å². The topological polar surface area (TPSA) is 12.0 Å². The Morgan fingerprint density at radius 3 is 2.61 bits per heavy atom. The normalized spacial score (nSPS) is 20.2. The third-order valence-corrected chi connectivity index (χ3v) is 6.24. The van der Waals surface area contributed by atoms with E-state index in [0.717, 1.165) is 6.54 Å². The van der Waals surface area contributed by atoms with Crippen molar-refractivity contribution in [3.63, 3.8) is 0 Å². The molecule has 0 amide bonds. The van der Waals surface area contributed by atoms with Crippen LogP contribution in [0.2, 0.25) is 0 Å². The second-order valence-corrected chi connectivity index (χ2v) is 7.38. The molecule has 1 aliphatic carbocycles. The van der Waals surface area contributed by atoms with E-state index in [1.165, 1.54) is 47.9 Å². The fourth-order valence-electron chi connectivity index (χ4n) is 3.44. The second-order valence-electron chi connectivity index (χ2n) is 5.47. The summed E-state index contributed by atoms with van der Waals surface area (Å²) in [6.07, 6.45) is 8.17. The Bertz CT molecular complexity index is 368. The molecule has 1 heterocycles. The van der Waals surface area contributed by atoms with Gasteiger partial charge in [0.15, 0.2) is 0 Å². The minimum Gasteiger partial charge on any atom is -0.313 e. The average molecular weight is 330 g/mol. The maximum atomic E-state index is 3.77. The van der Waals surface area contributed by atoms with Gasteiger partial charge in [0.1, 0.15) is 0 Å². The lowest BCUT2D eigenvalue weighted by molar-refractivity contribution is 0.187. The van der Waals surface area contributed by atoms with Crippen molar-refractivity contribution in [3.8, 4) is 0 Å². The van der Waals surface area contributed by atoms with E-state index >= 15 is 0 Å². The molecule has 0 aromatic carbocycles. The molecule has 0 aliphatic heterocycles. The predicted molar refractivity (Wildman–Crippen MR) is 84.4 cm³/mol. The zero-order chi connectivity index (χ0) is 13.0. The van der Waals surface area contributed by atoms with Crippen molar-refractivity contribution in [1.29, 1.82) is 0 Å². The summed E-state index contributed by atoms with van der Waals surface area (Å²) in [5, 5.41) is 5.97. The molecule has 1 nitrogen and oxygen atoms in total. The fraction of sp³-hybridized carbons (Fsp3) is 0.733. The Hall–Kier alpha value is 0.140. The smallest absolute Gasteiger partial charge is 0.0285 e. The summed E-state index contributed by atoms with van der Waals surface area (Å²) < 4.78 is 1.23. The monoisotopic (exact) mass is 329 g/mol. The number of likely N-dealkylation sites (N-methyl/N-ethyl adjacent to an activating group) is 1. The van der Waals surface area contributed by atoms with Gasteiger partial charge >= 0.3 is 0 Å². The van der Waals surface area contributed by atoms with Gasteiger partial charge in [-0.25, -0.2) is 0 Å². The van der Waals surface area contributed by atoms with Gasteiger partial charge in [-0.3, -0.25) is 0 Å². The van der Waals surface area contributed by atoms with Crippen LogP contribution in [0.25, 0.3) is 0 Å². The molecular weight excluding hydrogens is 306 g/mol. The van der Waals surface area contributed by atoms with Crippen molar-refractivity contribution in [2.45, 2.75) is 58.4 Å². The van der Waals surface area contributed by atoms with Crippen LogP contribution >= 0.6 is 27.3 Å². The SMILES string of the molecule is CCNC(Cc1cc(Br)cs1)C1(CC)CCCC1. The molecule has 1 atom stereocenters. The second kappa shape index (κ2) is 6.53. The summed E-state index contributed by atoms with van der Waals surface area (Å²) in [5.74, 6) is 0. The highest BCUT2D eigenvalue weighted by atomic mass is 79.9. The molecular formula is C15H24BrNS. The van der Waals surface area contributed by atoms with Crippen molar-refractivity contribution >= 4 is 27.3 Å². The summed E-state index contributed by atoms with van der Waals surface area (Å²) in [7, 11) is 0. The van der Waals surface area contributed by atoms with Crippen LogP contribution in [-0.2, 0) is 6.42 Å². The first-order valence-electron chi connectivity index (χ1n) is 7.16. The summed E-state index contributed by atoms with van der Waals surface area (Å²) in [6, 6.07) is 2.94. The molecule has 1 saturated carbocycles. The molecule has 0 saturated heterocycles. The first-order chi connectivity index (χ1) is 8.70. The average Bonchev–Trinajstić information content (AvgIpc) is 2.98. The van der Waals surface area contributed by atoms with Crippen LogP contribution in [0.4, 0.5) is 0 Å². The van der Waals surface area contributed by atoms with Gasteiger partial charge in [-0.15, -0.1) is 11.3 Å². The molecule has 0 bridgehead atoms. The van der Waals surface area contributed by atoms with Gasteiger partial charge in [0.25, 0.3) is 0 Å². The van der Waals surface area contributed by atoms with Gasteiger partial charge in [0, 0.05) is 20.8 Å². The number of hydrogen-bond donors (Lipinski definition) is 1. The Kier molecular flexibility index (Phi) is 5.28. The van der Waals surface area contributed by atoms with Gasteiger partial charge in [-0.1, -0.05) is 26.7 Å². The Labute approximate surface area is 123 Å². The molecule has 0 radical (unpaired) electrons. The molecule has 1 N–H and O–H groups in total. The van der Waals surface area contributed by atoms with E-state index in [2.05, 4.69) is 46.5 Å². The lowest BCUT2D eigenvalue weighted by atomic mass is 9.74. The van der Waals surface area contributed by atoms with Crippen LogP contribution in [0.3, 0.4) is 0 Å². The van der Waals surface area contributed by atoms with E-state index in [1.54, 1.807) is 0 Å². The van der Waals surface area contributed by atoms with E-state index in [1.807, 2.05) is 11.3 Å². The van der Waals surface area contributed by atoms with Crippen LogP contribution in [0.15, 0.2) is 15.9 Å². The summed E-state index contributed by atoms with van der Waals surface area (Å²) >= 11 is 5.45. The molecule has 102 valence electrons. The summed E-state index contributed by atoms with van der Waals surface area (Å²) in [6.45, 7) is 5.69. The Morgan fingerprint density at radius 2 is 2.11 bits per heavy atom. The molecule has 1 aromatic heterocycles. The van der Waals surface area contributed by atoms with Crippen LogP contribution in [0, 0.1) is 5.41 Å². The molecule has 2 rings (SSSR count). The van der Waals surface area contributed by atoms with Crippen molar-refractivity contribution < 1.29 is 0 Å². The molecule has 18 heavy (non-hydrogen) atoms. The van der Waals surface area contributed by atoms with E-state index in [9.17, 15) is 0 Å². The molecule has 0 spiro atoms. The van der Waals surface area contributed by atoms with E-state index < -0.39 is 0 Å². The zero-order valence-electron chi connectivity index (χ0n) is 11.5. The lowest BCUT2D eigenvalue weighted by Gasteiger charge is -2.37. The summed E-state index contributed by atoms with van der Waals surface area (Å²) in [4.78, 5) is 1.51. The predicted octanol–water partition coefficient (Wildman–Crippen LogP) is 5.00.